The van der Waals surface area contributed by atoms with Crippen molar-refractivity contribution in [3.63, 3.8) is 0 Å². The summed E-state index contributed by atoms with van der Waals surface area (Å²) in [4.78, 5) is 11.5. The van der Waals surface area contributed by atoms with Gasteiger partial charge in [-0.3, -0.25) is 4.79 Å². The van der Waals surface area contributed by atoms with E-state index in [2.05, 4.69) is 0 Å². The number of amides is 1. The molecule has 0 aliphatic carbocycles. The molecule has 1 heterocycles. The molecule has 5 heteroatoms. The summed E-state index contributed by atoms with van der Waals surface area (Å²) in [7, 11) is 0. The lowest BCUT2D eigenvalue weighted by Crippen LogP contribution is -2.11. The number of carbonyl (C=O) groups is 1. The molecule has 17 heavy (non-hydrogen) atoms. The minimum absolute atomic E-state index is 0.388. The van der Waals surface area contributed by atoms with Crippen molar-refractivity contribution < 1.29 is 4.79 Å². The third-order valence-corrected chi connectivity index (χ3v) is 4.73. The summed E-state index contributed by atoms with van der Waals surface area (Å²) in [6, 6.07) is 7.39. The molecular formula is C12H10ClNOS2. The van der Waals surface area contributed by atoms with E-state index < -0.39 is 0 Å². The molecule has 0 radical (unpaired) electrons. The number of nitrogens with two attached hydrogens (primary N) is 1. The second-order valence-electron chi connectivity index (χ2n) is 3.39. The Kier molecular flexibility index (Phi) is 3.76. The van der Waals surface area contributed by atoms with E-state index in [9.17, 15) is 4.79 Å². The minimum atomic E-state index is -0.388. The molecule has 2 aromatic rings. The first-order valence-corrected chi connectivity index (χ1v) is 7.33. The maximum absolute atomic E-state index is 11.5. The van der Waals surface area contributed by atoms with Crippen molar-refractivity contribution in [1.29, 1.82) is 0 Å². The third-order valence-electron chi connectivity index (χ3n) is 2.34. The second kappa shape index (κ2) is 5.12. The highest BCUT2D eigenvalue weighted by molar-refractivity contribution is 8.00. The molecule has 2 nitrogen and oxygen atoms in total. The Labute approximate surface area is 113 Å². The number of thioether (sulfide) groups is 1. The van der Waals surface area contributed by atoms with Gasteiger partial charge in [-0.05, 0) is 24.0 Å². The molecule has 0 unspecified atom stereocenters. The fourth-order valence-corrected chi connectivity index (χ4v) is 3.44. The van der Waals surface area contributed by atoms with Crippen molar-refractivity contribution >= 4 is 40.6 Å². The van der Waals surface area contributed by atoms with Crippen LogP contribution in [0.15, 0.2) is 33.9 Å². The summed E-state index contributed by atoms with van der Waals surface area (Å²) in [5, 5.41) is 2.63. The number of benzene rings is 1. The van der Waals surface area contributed by atoms with Crippen LogP contribution < -0.4 is 5.73 Å². The fraction of sp³-hybridized carbons (Fsp3) is 0.0833. The second-order valence-corrected chi connectivity index (χ2v) is 5.78. The van der Waals surface area contributed by atoms with Crippen LogP contribution in [0, 0.1) is 0 Å². The summed E-state index contributed by atoms with van der Waals surface area (Å²) in [5.41, 5.74) is 7.87. The molecule has 0 saturated heterocycles. The highest BCUT2D eigenvalue weighted by Gasteiger charge is 2.17. The topological polar surface area (TPSA) is 43.1 Å². The SMILES string of the molecule is CSc1scc(-c2ccc(Cl)cc2)c1C(N)=O. The number of thiophene rings is 1. The summed E-state index contributed by atoms with van der Waals surface area (Å²) < 4.78 is 0.947. The molecule has 1 aromatic heterocycles. The first kappa shape index (κ1) is 12.5. The highest BCUT2D eigenvalue weighted by atomic mass is 35.5. The van der Waals surface area contributed by atoms with Gasteiger partial charge in [-0.25, -0.2) is 0 Å². The van der Waals surface area contributed by atoms with Gasteiger partial charge >= 0.3 is 0 Å². The van der Waals surface area contributed by atoms with E-state index in [1.807, 2.05) is 23.8 Å². The maximum Gasteiger partial charge on any atom is 0.251 e. The van der Waals surface area contributed by atoms with Crippen LogP contribution in [0.25, 0.3) is 11.1 Å². The van der Waals surface area contributed by atoms with Crippen molar-refractivity contribution in [2.45, 2.75) is 4.21 Å². The first-order valence-electron chi connectivity index (χ1n) is 4.84. The number of carbonyl (C=O) groups excluding carboxylic acids is 1. The minimum Gasteiger partial charge on any atom is -0.366 e. The quantitative estimate of drug-likeness (QED) is 0.869. The van der Waals surface area contributed by atoms with E-state index >= 15 is 0 Å². The van der Waals surface area contributed by atoms with Gasteiger partial charge in [0, 0.05) is 16.0 Å². The van der Waals surface area contributed by atoms with Gasteiger partial charge in [0.05, 0.1) is 9.77 Å². The molecule has 1 amide bonds. The van der Waals surface area contributed by atoms with Gasteiger partial charge in [-0.1, -0.05) is 23.7 Å². The van der Waals surface area contributed by atoms with Crippen LogP contribution in [0.1, 0.15) is 10.4 Å². The zero-order valence-corrected chi connectivity index (χ0v) is 11.5. The molecule has 2 N–H and O–H groups in total. The van der Waals surface area contributed by atoms with Gasteiger partial charge in [0.25, 0.3) is 5.91 Å². The van der Waals surface area contributed by atoms with Crippen LogP contribution in [-0.2, 0) is 0 Å². The van der Waals surface area contributed by atoms with Crippen LogP contribution in [0.4, 0.5) is 0 Å². The first-order chi connectivity index (χ1) is 8.13. The molecule has 88 valence electrons. The largest absolute Gasteiger partial charge is 0.366 e. The number of hydrogen-bond acceptors (Lipinski definition) is 3. The monoisotopic (exact) mass is 283 g/mol. The number of hydrogen-bond donors (Lipinski definition) is 1. The summed E-state index contributed by atoms with van der Waals surface area (Å²) >= 11 is 8.91. The van der Waals surface area contributed by atoms with Crippen molar-refractivity contribution in [3.05, 3.63) is 40.2 Å². The lowest BCUT2D eigenvalue weighted by molar-refractivity contribution is 0.0999. The van der Waals surface area contributed by atoms with Gasteiger partial charge in [0.2, 0.25) is 0 Å². The molecule has 0 fully saturated rings. The average Bonchev–Trinajstić information content (AvgIpc) is 2.73. The lowest BCUT2D eigenvalue weighted by atomic mass is 10.0. The zero-order chi connectivity index (χ0) is 12.4. The van der Waals surface area contributed by atoms with Crippen LogP contribution in [0.5, 0.6) is 0 Å². The number of primary amides is 1. The maximum atomic E-state index is 11.5. The third kappa shape index (κ3) is 2.49. The predicted octanol–water partition coefficient (Wildman–Crippen LogP) is 3.89. The Balaban J connectivity index is 2.55. The smallest absolute Gasteiger partial charge is 0.251 e. The standard InChI is InChI=1S/C12H10ClNOS2/c1-16-12-10(11(14)15)9(6-17-12)7-2-4-8(13)5-3-7/h2-6H,1H3,(H2,14,15). The van der Waals surface area contributed by atoms with Crippen LogP contribution in [0.2, 0.25) is 5.02 Å². The average molecular weight is 284 g/mol. The van der Waals surface area contributed by atoms with Gasteiger partial charge in [-0.15, -0.1) is 23.1 Å². The van der Waals surface area contributed by atoms with Gasteiger partial charge in [-0.2, -0.15) is 0 Å². The van der Waals surface area contributed by atoms with Crippen molar-refractivity contribution in [3.8, 4) is 11.1 Å². The van der Waals surface area contributed by atoms with Gasteiger partial charge in [0.15, 0.2) is 0 Å². The van der Waals surface area contributed by atoms with Crippen LogP contribution in [-0.4, -0.2) is 12.2 Å². The van der Waals surface area contributed by atoms with E-state index in [-0.39, 0.29) is 5.91 Å². The van der Waals surface area contributed by atoms with E-state index in [0.29, 0.717) is 10.6 Å². The lowest BCUT2D eigenvalue weighted by Gasteiger charge is -2.03. The Morgan fingerprint density at radius 3 is 2.53 bits per heavy atom. The van der Waals surface area contributed by atoms with Crippen LogP contribution in [0.3, 0.4) is 0 Å². The number of rotatable bonds is 3. The summed E-state index contributed by atoms with van der Waals surface area (Å²) in [6.45, 7) is 0. The molecule has 2 rings (SSSR count). The van der Waals surface area contributed by atoms with Crippen molar-refractivity contribution in [2.75, 3.05) is 6.26 Å². The summed E-state index contributed by atoms with van der Waals surface area (Å²) in [5.74, 6) is -0.388. The molecule has 0 bridgehead atoms. The van der Waals surface area contributed by atoms with E-state index in [4.69, 9.17) is 17.3 Å². The molecular weight excluding hydrogens is 274 g/mol. The molecule has 0 saturated carbocycles. The molecule has 0 aliphatic heterocycles. The Hall–Kier alpha value is -0.970. The van der Waals surface area contributed by atoms with Gasteiger partial charge < -0.3 is 5.73 Å². The zero-order valence-electron chi connectivity index (χ0n) is 9.07. The van der Waals surface area contributed by atoms with Crippen molar-refractivity contribution in [2.24, 2.45) is 5.73 Å². The Morgan fingerprint density at radius 2 is 2.00 bits per heavy atom. The summed E-state index contributed by atoms with van der Waals surface area (Å²) in [6.07, 6.45) is 1.93. The molecule has 0 aliphatic rings. The number of halogens is 1. The van der Waals surface area contributed by atoms with Crippen LogP contribution >= 0.6 is 34.7 Å². The van der Waals surface area contributed by atoms with E-state index in [1.165, 1.54) is 23.1 Å². The van der Waals surface area contributed by atoms with Crippen molar-refractivity contribution in [1.82, 2.24) is 0 Å². The molecule has 0 spiro atoms. The molecule has 0 atom stereocenters. The normalized spacial score (nSPS) is 10.5. The molecule has 1 aromatic carbocycles. The van der Waals surface area contributed by atoms with E-state index in [1.54, 1.807) is 12.1 Å². The predicted molar refractivity (Wildman–Crippen MR) is 75.1 cm³/mol. The Morgan fingerprint density at radius 1 is 1.35 bits per heavy atom. The van der Waals surface area contributed by atoms with Gasteiger partial charge in [0.1, 0.15) is 0 Å². The highest BCUT2D eigenvalue weighted by Crippen LogP contribution is 2.36. The van der Waals surface area contributed by atoms with E-state index in [0.717, 1.165) is 15.3 Å². The Bertz CT molecular complexity index is 548. The fourth-order valence-electron chi connectivity index (χ4n) is 1.57.